The summed E-state index contributed by atoms with van der Waals surface area (Å²) in [7, 11) is 0. The van der Waals surface area contributed by atoms with Crippen LogP contribution in [-0.4, -0.2) is 19.9 Å². The van der Waals surface area contributed by atoms with E-state index in [9.17, 15) is 10.1 Å². The topological polar surface area (TPSA) is 117 Å². The van der Waals surface area contributed by atoms with Crippen molar-refractivity contribution >= 4 is 23.1 Å². The van der Waals surface area contributed by atoms with E-state index in [0.717, 1.165) is 6.20 Å². The van der Waals surface area contributed by atoms with E-state index >= 15 is 0 Å². The summed E-state index contributed by atoms with van der Waals surface area (Å²) in [5.41, 5.74) is 5.01. The minimum absolute atomic E-state index is 0.109. The number of halogens is 1. The molecule has 2 heterocycles. The van der Waals surface area contributed by atoms with Gasteiger partial charge in [-0.25, -0.2) is 4.98 Å². The normalized spacial score (nSPS) is 10.1. The van der Waals surface area contributed by atoms with Crippen molar-refractivity contribution in [3.63, 3.8) is 0 Å². The number of nitrogen functional groups attached to an aromatic ring is 1. The maximum atomic E-state index is 10.5. The lowest BCUT2D eigenvalue weighted by Gasteiger charge is -2.03. The molecule has 0 fully saturated rings. The van der Waals surface area contributed by atoms with Crippen LogP contribution >= 0.6 is 11.6 Å². The lowest BCUT2D eigenvalue weighted by Crippen LogP contribution is -2.01. The summed E-state index contributed by atoms with van der Waals surface area (Å²) < 4.78 is 5.20. The van der Waals surface area contributed by atoms with E-state index in [0.29, 0.717) is 10.9 Å². The Morgan fingerprint density at radius 1 is 1.33 bits per heavy atom. The Labute approximate surface area is 106 Å². The van der Waals surface area contributed by atoms with Gasteiger partial charge in [0.15, 0.2) is 0 Å². The van der Waals surface area contributed by atoms with Crippen molar-refractivity contribution < 1.29 is 9.66 Å². The Balaban J connectivity index is 2.22. The summed E-state index contributed by atoms with van der Waals surface area (Å²) in [6.45, 7) is 0. The minimum Gasteiger partial charge on any atom is -0.423 e. The fourth-order valence-corrected chi connectivity index (χ4v) is 1.20. The largest absolute Gasteiger partial charge is 0.423 e. The summed E-state index contributed by atoms with van der Waals surface area (Å²) in [4.78, 5) is 20.9. The zero-order valence-corrected chi connectivity index (χ0v) is 9.53. The van der Waals surface area contributed by atoms with Gasteiger partial charge in [0.2, 0.25) is 5.82 Å². The molecule has 0 aliphatic rings. The van der Waals surface area contributed by atoms with Gasteiger partial charge in [-0.05, 0) is 12.1 Å². The molecule has 0 saturated carbocycles. The van der Waals surface area contributed by atoms with Crippen LogP contribution in [0.1, 0.15) is 0 Å². The predicted octanol–water partition coefficient (Wildman–Crippen LogP) is 1.81. The van der Waals surface area contributed by atoms with Gasteiger partial charge in [-0.3, -0.25) is 10.1 Å². The van der Waals surface area contributed by atoms with Crippen molar-refractivity contribution in [3.8, 4) is 11.8 Å². The van der Waals surface area contributed by atoms with E-state index in [1.165, 1.54) is 12.3 Å². The zero-order valence-electron chi connectivity index (χ0n) is 8.78. The van der Waals surface area contributed by atoms with E-state index in [-0.39, 0.29) is 17.5 Å². The van der Waals surface area contributed by atoms with Crippen molar-refractivity contribution in [2.24, 2.45) is 0 Å². The van der Waals surface area contributed by atoms with Crippen LogP contribution in [-0.2, 0) is 0 Å². The van der Waals surface area contributed by atoms with Crippen LogP contribution in [0.2, 0.25) is 5.15 Å². The van der Waals surface area contributed by atoms with Gasteiger partial charge in [-0.15, -0.1) is 0 Å². The fourth-order valence-electron chi connectivity index (χ4n) is 1.09. The average molecular weight is 268 g/mol. The molecule has 0 atom stereocenters. The fraction of sp³-hybridized carbons (Fsp3) is 0. The first-order valence-electron chi connectivity index (χ1n) is 4.62. The number of hydrogen-bond acceptors (Lipinski definition) is 7. The lowest BCUT2D eigenvalue weighted by atomic mass is 10.5. The van der Waals surface area contributed by atoms with Crippen molar-refractivity contribution in [3.05, 3.63) is 39.8 Å². The quantitative estimate of drug-likeness (QED) is 0.512. The number of anilines is 1. The number of rotatable bonds is 3. The van der Waals surface area contributed by atoms with Crippen molar-refractivity contribution in [1.29, 1.82) is 0 Å². The molecule has 9 heteroatoms. The monoisotopic (exact) mass is 267 g/mol. The summed E-state index contributed by atoms with van der Waals surface area (Å²) in [6, 6.07) is 2.96. The highest BCUT2D eigenvalue weighted by molar-refractivity contribution is 6.29. The molecule has 0 aliphatic heterocycles. The molecule has 0 aromatic carbocycles. The Morgan fingerprint density at radius 2 is 2.11 bits per heavy atom. The smallest absolute Gasteiger partial charge is 0.329 e. The second kappa shape index (κ2) is 4.80. The predicted molar refractivity (Wildman–Crippen MR) is 62.4 cm³/mol. The van der Waals surface area contributed by atoms with Gasteiger partial charge < -0.3 is 10.5 Å². The highest BCUT2D eigenvalue weighted by Gasteiger charge is 2.15. The number of pyridine rings is 1. The van der Waals surface area contributed by atoms with Crippen LogP contribution < -0.4 is 10.5 Å². The highest BCUT2D eigenvalue weighted by Crippen LogP contribution is 2.23. The first kappa shape index (κ1) is 12.0. The van der Waals surface area contributed by atoms with E-state index < -0.39 is 4.92 Å². The molecule has 0 bridgehead atoms. The maximum absolute atomic E-state index is 10.5. The third-order valence-corrected chi connectivity index (χ3v) is 2.11. The van der Waals surface area contributed by atoms with Gasteiger partial charge in [0.05, 0.1) is 11.1 Å². The van der Waals surface area contributed by atoms with Gasteiger partial charge in [-0.1, -0.05) is 11.6 Å². The maximum Gasteiger partial charge on any atom is 0.329 e. The van der Waals surface area contributed by atoms with E-state index in [1.54, 1.807) is 6.07 Å². The molecule has 2 rings (SSSR count). The second-order valence-electron chi connectivity index (χ2n) is 3.10. The molecule has 0 spiro atoms. The van der Waals surface area contributed by atoms with Crippen molar-refractivity contribution in [1.82, 2.24) is 15.0 Å². The second-order valence-corrected chi connectivity index (χ2v) is 3.49. The van der Waals surface area contributed by atoms with E-state index in [1.807, 2.05) is 0 Å². The van der Waals surface area contributed by atoms with Crippen molar-refractivity contribution in [2.45, 2.75) is 0 Å². The van der Waals surface area contributed by atoms with Gasteiger partial charge >= 0.3 is 11.7 Å². The van der Waals surface area contributed by atoms with Crippen molar-refractivity contribution in [2.75, 3.05) is 5.73 Å². The van der Waals surface area contributed by atoms with Crippen LogP contribution in [0.3, 0.4) is 0 Å². The Hall–Kier alpha value is -2.48. The lowest BCUT2D eigenvalue weighted by molar-refractivity contribution is -0.384. The van der Waals surface area contributed by atoms with Gasteiger partial charge in [0, 0.05) is 0 Å². The Kier molecular flexibility index (Phi) is 3.20. The molecule has 92 valence electrons. The average Bonchev–Trinajstić information content (AvgIpc) is 2.32. The van der Waals surface area contributed by atoms with Gasteiger partial charge in [0.25, 0.3) is 0 Å². The third kappa shape index (κ3) is 2.61. The minimum atomic E-state index is -0.678. The Bertz CT molecular complexity index is 589. The molecule has 0 aliphatic carbocycles. The molecule has 2 aromatic heterocycles. The number of aromatic nitrogens is 3. The molecule has 8 nitrogen and oxygen atoms in total. The summed E-state index contributed by atoms with van der Waals surface area (Å²) in [6.07, 6.45) is 2.34. The molecular formula is C9H6ClN5O3. The Morgan fingerprint density at radius 3 is 2.67 bits per heavy atom. The number of hydrogen-bond donors (Lipinski definition) is 1. The zero-order chi connectivity index (χ0) is 13.1. The van der Waals surface area contributed by atoms with Crippen LogP contribution in [0.15, 0.2) is 24.5 Å². The third-order valence-electron chi connectivity index (χ3n) is 1.88. The number of nitrogens with zero attached hydrogens (tertiary/aromatic N) is 4. The van der Waals surface area contributed by atoms with Crippen LogP contribution in [0.4, 0.5) is 11.5 Å². The van der Waals surface area contributed by atoms with Crippen LogP contribution in [0.5, 0.6) is 11.8 Å². The molecule has 18 heavy (non-hydrogen) atoms. The number of nitrogens with two attached hydrogens (primary N) is 1. The van der Waals surface area contributed by atoms with E-state index in [4.69, 9.17) is 22.1 Å². The summed E-state index contributed by atoms with van der Waals surface area (Å²) >= 11 is 5.60. The molecule has 0 unspecified atom stereocenters. The molecule has 0 amide bonds. The summed E-state index contributed by atoms with van der Waals surface area (Å²) in [5.74, 6) is 0.0691. The standard InChI is InChI=1S/C9H6ClN5O3/c10-7-2-1-5(3-12-7)18-9-13-4-6(15(16)17)8(11)14-9/h1-4H,(H2,11,13,14). The summed E-state index contributed by atoms with van der Waals surface area (Å²) in [5, 5.41) is 10.8. The van der Waals surface area contributed by atoms with Gasteiger partial charge in [0.1, 0.15) is 17.1 Å². The molecular weight excluding hydrogens is 262 g/mol. The van der Waals surface area contributed by atoms with E-state index in [2.05, 4.69) is 15.0 Å². The molecule has 2 aromatic rings. The first-order chi connectivity index (χ1) is 8.56. The molecule has 2 N–H and O–H groups in total. The van der Waals surface area contributed by atoms with Crippen LogP contribution in [0, 0.1) is 10.1 Å². The number of nitro groups is 1. The molecule has 0 radical (unpaired) electrons. The highest BCUT2D eigenvalue weighted by atomic mass is 35.5. The number of ether oxygens (including phenoxy) is 1. The van der Waals surface area contributed by atoms with Gasteiger partial charge in [-0.2, -0.15) is 9.97 Å². The molecule has 0 saturated heterocycles. The SMILES string of the molecule is Nc1nc(Oc2ccc(Cl)nc2)ncc1[N+](=O)[O-]. The van der Waals surface area contributed by atoms with Crippen LogP contribution in [0.25, 0.3) is 0 Å². The first-order valence-corrected chi connectivity index (χ1v) is 5.00.